The number of rotatable bonds is 4. The van der Waals surface area contributed by atoms with E-state index in [9.17, 15) is 5.11 Å². The van der Waals surface area contributed by atoms with Crippen LogP contribution in [-0.2, 0) is 6.61 Å². The predicted octanol–water partition coefficient (Wildman–Crippen LogP) is 1.45. The average molecular weight is 324 g/mol. The Morgan fingerprint density at radius 1 is 1.33 bits per heavy atom. The fourth-order valence-corrected chi connectivity index (χ4v) is 3.04. The first-order valence-electron chi connectivity index (χ1n) is 8.21. The van der Waals surface area contributed by atoms with Crippen LogP contribution in [0.1, 0.15) is 18.4 Å². The van der Waals surface area contributed by atoms with Crippen molar-refractivity contribution in [3.63, 3.8) is 0 Å². The van der Waals surface area contributed by atoms with Crippen LogP contribution in [0.3, 0.4) is 0 Å². The number of nitrogens with zero attached hydrogens (tertiary/aromatic N) is 4. The Morgan fingerprint density at radius 2 is 2.29 bits per heavy atom. The van der Waals surface area contributed by atoms with E-state index in [4.69, 9.17) is 0 Å². The van der Waals surface area contributed by atoms with Gasteiger partial charge in [0.25, 0.3) is 0 Å². The third kappa shape index (κ3) is 2.95. The van der Waals surface area contributed by atoms with Crippen molar-refractivity contribution in [2.24, 2.45) is 0 Å². The predicted molar refractivity (Wildman–Crippen MR) is 91.7 cm³/mol. The fourth-order valence-electron chi connectivity index (χ4n) is 3.04. The van der Waals surface area contributed by atoms with Crippen molar-refractivity contribution in [1.82, 2.24) is 24.7 Å². The van der Waals surface area contributed by atoms with E-state index >= 15 is 0 Å². The molecule has 0 bridgehead atoms. The van der Waals surface area contributed by atoms with E-state index in [0.29, 0.717) is 12.0 Å². The van der Waals surface area contributed by atoms with E-state index in [2.05, 4.69) is 25.6 Å². The average Bonchev–Trinajstić information content (AvgIpc) is 3.06. The largest absolute Gasteiger partial charge is 0.392 e. The molecule has 7 nitrogen and oxygen atoms in total. The molecule has 0 aliphatic carbocycles. The van der Waals surface area contributed by atoms with Crippen LogP contribution in [-0.4, -0.2) is 43.6 Å². The fraction of sp³-hybridized carbons (Fsp3) is 0.353. The van der Waals surface area contributed by atoms with Crippen LogP contribution in [0.15, 0.2) is 36.8 Å². The van der Waals surface area contributed by atoms with Crippen molar-refractivity contribution in [1.29, 1.82) is 0 Å². The molecule has 4 heterocycles. The maximum absolute atomic E-state index is 9.24. The number of anilines is 1. The van der Waals surface area contributed by atoms with E-state index in [-0.39, 0.29) is 6.61 Å². The second-order valence-corrected chi connectivity index (χ2v) is 6.02. The first kappa shape index (κ1) is 15.0. The summed E-state index contributed by atoms with van der Waals surface area (Å²) in [6.45, 7) is 2.03. The lowest BCUT2D eigenvalue weighted by Crippen LogP contribution is -2.38. The van der Waals surface area contributed by atoms with Crippen molar-refractivity contribution in [3.05, 3.63) is 42.4 Å². The number of hydrogen-bond acceptors (Lipinski definition) is 6. The molecule has 0 amide bonds. The number of aliphatic hydroxyl groups excluding tert-OH is 1. The molecule has 1 atom stereocenters. The molecule has 3 N–H and O–H groups in total. The second kappa shape index (κ2) is 6.54. The van der Waals surface area contributed by atoms with E-state index < -0.39 is 0 Å². The third-order valence-corrected chi connectivity index (χ3v) is 4.31. The van der Waals surface area contributed by atoms with Crippen molar-refractivity contribution in [2.45, 2.75) is 25.5 Å². The highest BCUT2D eigenvalue weighted by atomic mass is 16.3. The highest BCUT2D eigenvalue weighted by molar-refractivity contribution is 5.61. The number of piperidine rings is 1. The van der Waals surface area contributed by atoms with Crippen molar-refractivity contribution in [2.75, 3.05) is 18.4 Å². The SMILES string of the molecule is OCc1ccn2c(-c3ccnc(N[C@@H]4CCCNC4)n3)cnc2c1. The summed E-state index contributed by atoms with van der Waals surface area (Å²) in [5, 5.41) is 16.0. The third-order valence-electron chi connectivity index (χ3n) is 4.31. The zero-order valence-corrected chi connectivity index (χ0v) is 13.3. The number of imidazole rings is 1. The van der Waals surface area contributed by atoms with Gasteiger partial charge in [0, 0.05) is 25.0 Å². The lowest BCUT2D eigenvalue weighted by atomic mass is 10.1. The van der Waals surface area contributed by atoms with Gasteiger partial charge in [0.15, 0.2) is 0 Å². The molecule has 1 fully saturated rings. The van der Waals surface area contributed by atoms with Crippen LogP contribution in [0.25, 0.3) is 17.0 Å². The summed E-state index contributed by atoms with van der Waals surface area (Å²) in [5.41, 5.74) is 3.36. The normalized spacial score (nSPS) is 18.0. The molecule has 0 radical (unpaired) electrons. The number of pyridine rings is 1. The number of aliphatic hydroxyl groups is 1. The van der Waals surface area contributed by atoms with Crippen LogP contribution in [0, 0.1) is 0 Å². The Kier molecular flexibility index (Phi) is 4.10. The second-order valence-electron chi connectivity index (χ2n) is 6.02. The quantitative estimate of drug-likeness (QED) is 0.673. The first-order chi connectivity index (χ1) is 11.8. The zero-order chi connectivity index (χ0) is 16.4. The summed E-state index contributed by atoms with van der Waals surface area (Å²) in [7, 11) is 0. The smallest absolute Gasteiger partial charge is 0.223 e. The van der Waals surface area contributed by atoms with Crippen molar-refractivity contribution < 1.29 is 5.11 Å². The molecule has 1 aliphatic rings. The van der Waals surface area contributed by atoms with E-state index in [1.165, 1.54) is 0 Å². The summed E-state index contributed by atoms with van der Waals surface area (Å²) >= 11 is 0. The first-order valence-corrected chi connectivity index (χ1v) is 8.21. The summed E-state index contributed by atoms with van der Waals surface area (Å²) < 4.78 is 1.97. The van der Waals surface area contributed by atoms with E-state index in [0.717, 1.165) is 48.5 Å². The number of aromatic nitrogens is 4. The van der Waals surface area contributed by atoms with E-state index in [1.807, 2.05) is 28.8 Å². The van der Waals surface area contributed by atoms with Gasteiger partial charge in [-0.2, -0.15) is 0 Å². The minimum atomic E-state index is 0.00962. The molecule has 7 heteroatoms. The van der Waals surface area contributed by atoms with E-state index in [1.54, 1.807) is 12.4 Å². The molecule has 0 saturated carbocycles. The standard InChI is InChI=1S/C17H20N6O/c24-11-12-4-7-23-15(10-20-16(23)8-12)14-3-6-19-17(22-14)21-13-2-1-5-18-9-13/h3-4,6-8,10,13,18,24H,1-2,5,9,11H2,(H,19,21,22)/t13-/m1/s1. The molecule has 24 heavy (non-hydrogen) atoms. The molecule has 1 aliphatic heterocycles. The van der Waals surface area contributed by atoms with Crippen molar-refractivity contribution >= 4 is 11.6 Å². The number of nitrogens with one attached hydrogen (secondary N) is 2. The van der Waals surface area contributed by atoms with Crippen LogP contribution >= 0.6 is 0 Å². The van der Waals surface area contributed by atoms with Gasteiger partial charge in [-0.3, -0.25) is 4.40 Å². The molecule has 3 aromatic rings. The summed E-state index contributed by atoms with van der Waals surface area (Å²) in [6, 6.07) is 6.00. The molecule has 4 rings (SSSR count). The molecule has 0 spiro atoms. The molecule has 0 unspecified atom stereocenters. The topological polar surface area (TPSA) is 87.4 Å². The zero-order valence-electron chi connectivity index (χ0n) is 13.3. The summed E-state index contributed by atoms with van der Waals surface area (Å²) in [6.07, 6.45) is 7.76. The maximum atomic E-state index is 9.24. The number of hydrogen-bond donors (Lipinski definition) is 3. The highest BCUT2D eigenvalue weighted by Crippen LogP contribution is 2.20. The lowest BCUT2D eigenvalue weighted by molar-refractivity contribution is 0.282. The summed E-state index contributed by atoms with van der Waals surface area (Å²) in [5.74, 6) is 0.642. The molecule has 1 saturated heterocycles. The highest BCUT2D eigenvalue weighted by Gasteiger charge is 2.14. The van der Waals surface area contributed by atoms with Gasteiger partial charge in [-0.25, -0.2) is 15.0 Å². The van der Waals surface area contributed by atoms with Gasteiger partial charge >= 0.3 is 0 Å². The van der Waals surface area contributed by atoms with Crippen LogP contribution in [0.4, 0.5) is 5.95 Å². The number of fused-ring (bicyclic) bond motifs is 1. The van der Waals surface area contributed by atoms with Gasteiger partial charge < -0.3 is 15.7 Å². The van der Waals surface area contributed by atoms with Gasteiger partial charge in [-0.1, -0.05) is 0 Å². The molecular formula is C17H20N6O. The molecule has 0 aromatic carbocycles. The summed E-state index contributed by atoms with van der Waals surface area (Å²) in [4.78, 5) is 13.4. The molecular weight excluding hydrogens is 304 g/mol. The van der Waals surface area contributed by atoms with Gasteiger partial charge in [0.2, 0.25) is 5.95 Å². The van der Waals surface area contributed by atoms with Gasteiger partial charge in [-0.05, 0) is 43.1 Å². The Balaban J connectivity index is 1.63. The van der Waals surface area contributed by atoms with Gasteiger partial charge in [0.1, 0.15) is 5.65 Å². The Labute approximate surface area is 139 Å². The molecule has 124 valence electrons. The van der Waals surface area contributed by atoms with Crippen LogP contribution in [0.5, 0.6) is 0 Å². The minimum absolute atomic E-state index is 0.00962. The minimum Gasteiger partial charge on any atom is -0.392 e. The Hall–Kier alpha value is -2.51. The Bertz CT molecular complexity index is 840. The van der Waals surface area contributed by atoms with Crippen LogP contribution < -0.4 is 10.6 Å². The monoisotopic (exact) mass is 324 g/mol. The lowest BCUT2D eigenvalue weighted by Gasteiger charge is -2.23. The molecule has 3 aromatic heterocycles. The van der Waals surface area contributed by atoms with Crippen molar-refractivity contribution in [3.8, 4) is 11.4 Å². The van der Waals surface area contributed by atoms with Crippen LogP contribution in [0.2, 0.25) is 0 Å². The van der Waals surface area contributed by atoms with Gasteiger partial charge in [-0.15, -0.1) is 0 Å². The van der Waals surface area contributed by atoms with Gasteiger partial charge in [0.05, 0.1) is 24.2 Å². The maximum Gasteiger partial charge on any atom is 0.223 e. The Morgan fingerprint density at radius 3 is 3.12 bits per heavy atom.